The van der Waals surface area contributed by atoms with Crippen molar-refractivity contribution in [3.63, 3.8) is 0 Å². The van der Waals surface area contributed by atoms with E-state index >= 15 is 0 Å². The highest BCUT2D eigenvalue weighted by Gasteiger charge is 2.10. The molecule has 0 aliphatic rings. The summed E-state index contributed by atoms with van der Waals surface area (Å²) in [5.74, 6) is 0. The van der Waals surface area contributed by atoms with Crippen LogP contribution < -0.4 is 0 Å². The molecule has 2 nitrogen and oxygen atoms in total. The zero-order chi connectivity index (χ0) is 12.0. The molecular weight excluding hydrogens is 230 g/mol. The van der Waals surface area contributed by atoms with Crippen LogP contribution in [0.1, 0.15) is 15.4 Å². The molecule has 0 N–H and O–H groups in total. The summed E-state index contributed by atoms with van der Waals surface area (Å²) in [6.07, 6.45) is 1.80. The molecule has 2 heterocycles. The van der Waals surface area contributed by atoms with Gasteiger partial charge in [-0.2, -0.15) is 0 Å². The molecule has 1 aromatic carbocycles. The molecule has 3 aromatic rings. The van der Waals surface area contributed by atoms with Crippen molar-refractivity contribution in [2.75, 3.05) is 0 Å². The third kappa shape index (κ3) is 1.67. The second-order valence-electron chi connectivity index (χ2n) is 4.27. The minimum Gasteiger partial charge on any atom is -0.464 e. The molecule has 0 saturated carbocycles. The van der Waals surface area contributed by atoms with Crippen molar-refractivity contribution in [3.8, 4) is 11.3 Å². The number of thiazole rings is 1. The zero-order valence-electron chi connectivity index (χ0n) is 10.1. The maximum absolute atomic E-state index is 5.53. The average molecular weight is 243 g/mol. The van der Waals surface area contributed by atoms with Gasteiger partial charge in [-0.15, -0.1) is 11.3 Å². The lowest BCUT2D eigenvalue weighted by atomic mass is 10.1. The third-order valence-electron chi connectivity index (χ3n) is 2.95. The molecule has 17 heavy (non-hydrogen) atoms. The van der Waals surface area contributed by atoms with Gasteiger partial charge in [0.25, 0.3) is 0 Å². The van der Waals surface area contributed by atoms with Crippen LogP contribution in [0.2, 0.25) is 0 Å². The number of furan rings is 1. The smallest absolute Gasteiger partial charge is 0.134 e. The van der Waals surface area contributed by atoms with Crippen LogP contribution in [0, 0.1) is 20.8 Å². The molecule has 2 aromatic heterocycles. The summed E-state index contributed by atoms with van der Waals surface area (Å²) in [4.78, 5) is 5.83. The Labute approximate surface area is 104 Å². The number of aromatic nitrogens is 1. The van der Waals surface area contributed by atoms with Crippen molar-refractivity contribution in [3.05, 3.63) is 39.9 Å². The van der Waals surface area contributed by atoms with Gasteiger partial charge in [0.15, 0.2) is 0 Å². The first kappa shape index (κ1) is 10.5. The molecular formula is C14H13NOS. The van der Waals surface area contributed by atoms with Crippen LogP contribution in [0.3, 0.4) is 0 Å². The van der Waals surface area contributed by atoms with Gasteiger partial charge in [-0.25, -0.2) is 4.98 Å². The second kappa shape index (κ2) is 3.70. The molecule has 0 radical (unpaired) electrons. The van der Waals surface area contributed by atoms with E-state index in [9.17, 15) is 0 Å². The van der Waals surface area contributed by atoms with Crippen molar-refractivity contribution in [2.45, 2.75) is 20.8 Å². The molecule has 0 atom stereocenters. The van der Waals surface area contributed by atoms with Gasteiger partial charge in [-0.3, -0.25) is 0 Å². The quantitative estimate of drug-likeness (QED) is 0.629. The van der Waals surface area contributed by atoms with E-state index in [2.05, 4.69) is 37.0 Å². The van der Waals surface area contributed by atoms with E-state index in [4.69, 9.17) is 4.42 Å². The van der Waals surface area contributed by atoms with E-state index in [1.165, 1.54) is 15.8 Å². The number of fused-ring (bicyclic) bond motifs is 1. The van der Waals surface area contributed by atoms with Crippen molar-refractivity contribution >= 4 is 22.3 Å². The lowest BCUT2D eigenvalue weighted by molar-refractivity contribution is 0.613. The summed E-state index contributed by atoms with van der Waals surface area (Å²) in [6, 6.07) is 6.30. The highest BCUT2D eigenvalue weighted by Crippen LogP contribution is 2.30. The predicted octanol–water partition coefficient (Wildman–Crippen LogP) is 4.48. The number of hydrogen-bond donors (Lipinski definition) is 0. The lowest BCUT2D eigenvalue weighted by Gasteiger charge is -1.98. The van der Waals surface area contributed by atoms with Gasteiger partial charge in [0.05, 0.1) is 17.0 Å². The number of hydrogen-bond acceptors (Lipinski definition) is 3. The van der Waals surface area contributed by atoms with Crippen LogP contribution in [0.4, 0.5) is 0 Å². The maximum Gasteiger partial charge on any atom is 0.134 e. The standard InChI is InChI=1S/C14H13NOS/c1-8-7-16-13-6-11(4-5-12(8)13)14-9(2)17-10(3)15-14/h4-7H,1-3H3. The maximum atomic E-state index is 5.53. The van der Waals surface area contributed by atoms with Crippen LogP contribution in [-0.4, -0.2) is 4.98 Å². The number of nitrogens with zero attached hydrogens (tertiary/aromatic N) is 1. The van der Waals surface area contributed by atoms with Crippen LogP contribution in [-0.2, 0) is 0 Å². The molecule has 0 aliphatic heterocycles. The van der Waals surface area contributed by atoms with Gasteiger partial charge in [0, 0.05) is 15.8 Å². The van der Waals surface area contributed by atoms with Gasteiger partial charge in [0.2, 0.25) is 0 Å². The fraction of sp³-hybridized carbons (Fsp3) is 0.214. The zero-order valence-corrected chi connectivity index (χ0v) is 10.9. The average Bonchev–Trinajstić information content (AvgIpc) is 2.82. The van der Waals surface area contributed by atoms with Crippen LogP contribution >= 0.6 is 11.3 Å². The molecule has 3 rings (SSSR count). The van der Waals surface area contributed by atoms with Gasteiger partial charge in [-0.05, 0) is 32.4 Å². The van der Waals surface area contributed by atoms with E-state index in [1.54, 1.807) is 17.6 Å². The van der Waals surface area contributed by atoms with Crippen molar-refractivity contribution < 1.29 is 4.42 Å². The van der Waals surface area contributed by atoms with Crippen LogP contribution in [0.5, 0.6) is 0 Å². The summed E-state index contributed by atoms with van der Waals surface area (Å²) in [7, 11) is 0. The van der Waals surface area contributed by atoms with Gasteiger partial charge in [-0.1, -0.05) is 12.1 Å². The monoisotopic (exact) mass is 243 g/mol. The van der Waals surface area contributed by atoms with Gasteiger partial charge < -0.3 is 4.42 Å². The Balaban J connectivity index is 2.21. The largest absolute Gasteiger partial charge is 0.464 e. The van der Waals surface area contributed by atoms with Crippen molar-refractivity contribution in [1.29, 1.82) is 0 Å². The lowest BCUT2D eigenvalue weighted by Crippen LogP contribution is -1.80. The Morgan fingerprint density at radius 1 is 1.18 bits per heavy atom. The summed E-state index contributed by atoms with van der Waals surface area (Å²) >= 11 is 1.73. The normalized spacial score (nSPS) is 11.2. The number of benzene rings is 1. The minimum atomic E-state index is 0.935. The minimum absolute atomic E-state index is 0.935. The Morgan fingerprint density at radius 2 is 2.00 bits per heavy atom. The van der Waals surface area contributed by atoms with E-state index in [0.717, 1.165) is 21.8 Å². The molecule has 86 valence electrons. The summed E-state index contributed by atoms with van der Waals surface area (Å²) in [5, 5.41) is 2.28. The topological polar surface area (TPSA) is 26.0 Å². The molecule has 0 fully saturated rings. The molecule has 0 spiro atoms. The predicted molar refractivity (Wildman–Crippen MR) is 71.5 cm³/mol. The molecule has 0 bridgehead atoms. The van der Waals surface area contributed by atoms with Crippen LogP contribution in [0.15, 0.2) is 28.9 Å². The van der Waals surface area contributed by atoms with E-state index in [-0.39, 0.29) is 0 Å². The third-order valence-corrected chi connectivity index (χ3v) is 3.83. The summed E-state index contributed by atoms with van der Waals surface area (Å²) in [5.41, 5.74) is 4.32. The Hall–Kier alpha value is -1.61. The summed E-state index contributed by atoms with van der Waals surface area (Å²) < 4.78 is 5.53. The van der Waals surface area contributed by atoms with Crippen molar-refractivity contribution in [1.82, 2.24) is 4.98 Å². The molecule has 0 saturated heterocycles. The van der Waals surface area contributed by atoms with Gasteiger partial charge >= 0.3 is 0 Å². The van der Waals surface area contributed by atoms with E-state index in [0.29, 0.717) is 0 Å². The Kier molecular flexibility index (Phi) is 2.30. The van der Waals surface area contributed by atoms with E-state index < -0.39 is 0 Å². The molecule has 3 heteroatoms. The molecule has 0 aliphatic carbocycles. The van der Waals surface area contributed by atoms with Crippen molar-refractivity contribution in [2.24, 2.45) is 0 Å². The summed E-state index contributed by atoms with van der Waals surface area (Å²) in [6.45, 7) is 6.21. The fourth-order valence-electron chi connectivity index (χ4n) is 2.10. The first-order chi connectivity index (χ1) is 8.15. The van der Waals surface area contributed by atoms with E-state index in [1.807, 2.05) is 6.92 Å². The second-order valence-corrected chi connectivity index (χ2v) is 5.67. The molecule has 0 amide bonds. The fourth-order valence-corrected chi connectivity index (χ4v) is 2.95. The van der Waals surface area contributed by atoms with Crippen LogP contribution in [0.25, 0.3) is 22.2 Å². The first-order valence-corrected chi connectivity index (χ1v) is 6.39. The highest BCUT2D eigenvalue weighted by molar-refractivity contribution is 7.11. The Bertz CT molecular complexity index is 693. The number of rotatable bonds is 1. The van der Waals surface area contributed by atoms with Gasteiger partial charge in [0.1, 0.15) is 5.58 Å². The first-order valence-electron chi connectivity index (χ1n) is 5.57. The molecule has 0 unspecified atom stereocenters. The number of aryl methyl sites for hydroxylation is 3. The SMILES string of the molecule is Cc1nc(-c2ccc3c(C)coc3c2)c(C)s1. The highest BCUT2D eigenvalue weighted by atomic mass is 32.1. The Morgan fingerprint density at radius 3 is 2.71 bits per heavy atom.